The quantitative estimate of drug-likeness (QED) is 0.101. The summed E-state index contributed by atoms with van der Waals surface area (Å²) in [5, 5.41) is 0. The molecule has 0 aliphatic rings. The summed E-state index contributed by atoms with van der Waals surface area (Å²) in [5.41, 5.74) is 2.49. The zero-order chi connectivity index (χ0) is 22.9. The summed E-state index contributed by atoms with van der Waals surface area (Å²) in [6.45, 7) is 8.35. The van der Waals surface area contributed by atoms with Crippen LogP contribution in [0.5, 0.6) is 5.75 Å². The number of aryl methyl sites for hydroxylation is 2. The Morgan fingerprint density at radius 2 is 1.16 bits per heavy atom. The highest BCUT2D eigenvalue weighted by molar-refractivity contribution is 6.00. The topological polar surface area (TPSA) is 43.4 Å². The molecule has 0 amide bonds. The van der Waals surface area contributed by atoms with Gasteiger partial charge in [0.15, 0.2) is 5.78 Å². The van der Waals surface area contributed by atoms with Crippen molar-refractivity contribution in [1.82, 2.24) is 0 Å². The lowest BCUT2D eigenvalue weighted by atomic mass is 9.98. The van der Waals surface area contributed by atoms with Crippen molar-refractivity contribution in [1.29, 1.82) is 0 Å². The summed E-state index contributed by atoms with van der Waals surface area (Å²) < 4.78 is 5.71. The van der Waals surface area contributed by atoms with E-state index in [1.54, 1.807) is 0 Å². The minimum Gasteiger partial charge on any atom is -0.425 e. The predicted octanol–water partition coefficient (Wildman–Crippen LogP) is 8.67. The Morgan fingerprint density at radius 1 is 0.677 bits per heavy atom. The van der Waals surface area contributed by atoms with Crippen LogP contribution in [-0.4, -0.2) is 11.8 Å². The molecule has 0 N–H and O–H groups in total. The normalized spacial score (nSPS) is 11.0. The standard InChI is InChI=1S/C28H46O3/c1-5-7-9-11-13-15-17-19-26(29)25-22-23(3)21-24(4)28(25)31-27(30)20-18-16-14-12-10-8-6-2/h21-22H,5-20H2,1-4H3. The van der Waals surface area contributed by atoms with Gasteiger partial charge in [-0.15, -0.1) is 0 Å². The highest BCUT2D eigenvalue weighted by Crippen LogP contribution is 2.28. The minimum absolute atomic E-state index is 0.0964. The van der Waals surface area contributed by atoms with Crippen LogP contribution >= 0.6 is 0 Å². The molecule has 0 saturated heterocycles. The smallest absolute Gasteiger partial charge is 0.311 e. The Kier molecular flexibility index (Phi) is 15.0. The lowest BCUT2D eigenvalue weighted by molar-refractivity contribution is -0.134. The predicted molar refractivity (Wildman–Crippen MR) is 131 cm³/mol. The molecule has 3 heteroatoms. The number of ketones is 1. The molecule has 31 heavy (non-hydrogen) atoms. The first-order valence-corrected chi connectivity index (χ1v) is 12.8. The zero-order valence-electron chi connectivity index (χ0n) is 20.7. The minimum atomic E-state index is -0.217. The van der Waals surface area contributed by atoms with Crippen LogP contribution in [0.25, 0.3) is 0 Å². The number of ether oxygens (including phenoxy) is 1. The summed E-state index contributed by atoms with van der Waals surface area (Å²) in [6.07, 6.45) is 17.4. The molecule has 0 saturated carbocycles. The van der Waals surface area contributed by atoms with Gasteiger partial charge < -0.3 is 4.74 Å². The van der Waals surface area contributed by atoms with E-state index in [9.17, 15) is 9.59 Å². The lowest BCUT2D eigenvalue weighted by Crippen LogP contribution is -2.13. The van der Waals surface area contributed by atoms with E-state index in [2.05, 4.69) is 13.8 Å². The zero-order valence-corrected chi connectivity index (χ0v) is 20.7. The average Bonchev–Trinajstić information content (AvgIpc) is 2.74. The summed E-state index contributed by atoms with van der Waals surface area (Å²) in [4.78, 5) is 25.3. The van der Waals surface area contributed by atoms with Crippen molar-refractivity contribution < 1.29 is 14.3 Å². The van der Waals surface area contributed by atoms with E-state index >= 15 is 0 Å². The van der Waals surface area contributed by atoms with Crippen LogP contribution in [0.2, 0.25) is 0 Å². The van der Waals surface area contributed by atoms with Crippen molar-refractivity contribution in [3.8, 4) is 5.75 Å². The van der Waals surface area contributed by atoms with Crippen molar-refractivity contribution in [3.05, 3.63) is 28.8 Å². The number of hydrogen-bond acceptors (Lipinski definition) is 3. The van der Waals surface area contributed by atoms with Gasteiger partial charge in [-0.25, -0.2) is 0 Å². The molecular weight excluding hydrogens is 384 g/mol. The fourth-order valence-electron chi connectivity index (χ4n) is 4.07. The fourth-order valence-corrected chi connectivity index (χ4v) is 4.07. The maximum Gasteiger partial charge on any atom is 0.311 e. The van der Waals surface area contributed by atoms with Gasteiger partial charge in [0, 0.05) is 12.8 Å². The summed E-state index contributed by atoms with van der Waals surface area (Å²) in [6, 6.07) is 3.87. The number of esters is 1. The van der Waals surface area contributed by atoms with Crippen LogP contribution in [0.3, 0.4) is 0 Å². The molecule has 0 spiro atoms. The Bertz CT molecular complexity index is 648. The van der Waals surface area contributed by atoms with Gasteiger partial charge in [0.2, 0.25) is 0 Å². The molecule has 1 aromatic rings. The summed E-state index contributed by atoms with van der Waals surface area (Å²) in [5.74, 6) is 0.357. The van der Waals surface area contributed by atoms with Crippen LogP contribution in [0.1, 0.15) is 138 Å². The SMILES string of the molecule is CCCCCCCCCC(=O)Oc1c(C)cc(C)cc1C(=O)CCCCCCCCC. The Hall–Kier alpha value is -1.64. The van der Waals surface area contributed by atoms with Gasteiger partial charge in [-0.3, -0.25) is 9.59 Å². The molecule has 1 rings (SSSR count). The number of rotatable bonds is 18. The molecule has 0 radical (unpaired) electrons. The third kappa shape index (κ3) is 12.1. The molecule has 176 valence electrons. The van der Waals surface area contributed by atoms with Gasteiger partial charge in [-0.05, 0) is 43.9 Å². The van der Waals surface area contributed by atoms with Crippen LogP contribution in [-0.2, 0) is 4.79 Å². The van der Waals surface area contributed by atoms with E-state index in [4.69, 9.17) is 4.74 Å². The molecule has 0 unspecified atom stereocenters. The first-order chi connectivity index (χ1) is 15.0. The van der Waals surface area contributed by atoms with E-state index < -0.39 is 0 Å². The van der Waals surface area contributed by atoms with Gasteiger partial charge in [0.05, 0.1) is 5.56 Å². The van der Waals surface area contributed by atoms with Gasteiger partial charge in [0.25, 0.3) is 0 Å². The highest BCUT2D eigenvalue weighted by atomic mass is 16.5. The van der Waals surface area contributed by atoms with Crippen molar-refractivity contribution in [2.75, 3.05) is 0 Å². The van der Waals surface area contributed by atoms with Crippen LogP contribution in [0.4, 0.5) is 0 Å². The molecule has 0 atom stereocenters. The second-order valence-corrected chi connectivity index (χ2v) is 9.10. The first kappa shape index (κ1) is 27.4. The third-order valence-corrected chi connectivity index (χ3v) is 5.93. The second kappa shape index (κ2) is 17.0. The maximum atomic E-state index is 12.9. The maximum absolute atomic E-state index is 12.9. The molecule has 0 heterocycles. The van der Waals surface area contributed by atoms with Gasteiger partial charge >= 0.3 is 5.97 Å². The van der Waals surface area contributed by atoms with Crippen molar-refractivity contribution in [2.24, 2.45) is 0 Å². The molecule has 0 fully saturated rings. The molecule has 3 nitrogen and oxygen atoms in total. The number of carbonyl (C=O) groups excluding carboxylic acids is 2. The average molecular weight is 431 g/mol. The highest BCUT2D eigenvalue weighted by Gasteiger charge is 2.18. The fraction of sp³-hybridized carbons (Fsp3) is 0.714. The van der Waals surface area contributed by atoms with E-state index in [1.807, 2.05) is 26.0 Å². The number of benzene rings is 1. The van der Waals surface area contributed by atoms with Gasteiger partial charge in [-0.2, -0.15) is 0 Å². The number of hydrogen-bond donors (Lipinski definition) is 0. The molecule has 0 aliphatic carbocycles. The van der Waals surface area contributed by atoms with Crippen molar-refractivity contribution in [3.63, 3.8) is 0 Å². The van der Waals surface area contributed by atoms with E-state index in [-0.39, 0.29) is 11.8 Å². The lowest BCUT2D eigenvalue weighted by Gasteiger charge is -2.14. The number of Topliss-reactive ketones (excluding diaryl/α,β-unsaturated/α-hetero) is 1. The third-order valence-electron chi connectivity index (χ3n) is 5.93. The van der Waals surface area contributed by atoms with Crippen LogP contribution in [0, 0.1) is 13.8 Å². The molecule has 1 aromatic carbocycles. The van der Waals surface area contributed by atoms with Gasteiger partial charge in [0.1, 0.15) is 5.75 Å². The number of unbranched alkanes of at least 4 members (excludes halogenated alkanes) is 12. The van der Waals surface area contributed by atoms with Crippen LogP contribution in [0.15, 0.2) is 12.1 Å². The largest absolute Gasteiger partial charge is 0.425 e. The molecule has 0 aromatic heterocycles. The van der Waals surface area contributed by atoms with Gasteiger partial charge in [-0.1, -0.05) is 97.0 Å². The van der Waals surface area contributed by atoms with E-state index in [1.165, 1.54) is 64.2 Å². The van der Waals surface area contributed by atoms with E-state index in [0.717, 1.165) is 36.8 Å². The van der Waals surface area contributed by atoms with Crippen LogP contribution < -0.4 is 4.74 Å². The summed E-state index contributed by atoms with van der Waals surface area (Å²) >= 11 is 0. The molecule has 0 bridgehead atoms. The Balaban J connectivity index is 2.51. The number of carbonyl (C=O) groups is 2. The monoisotopic (exact) mass is 430 g/mol. The second-order valence-electron chi connectivity index (χ2n) is 9.10. The first-order valence-electron chi connectivity index (χ1n) is 12.8. The Labute approximate surface area is 191 Å². The van der Waals surface area contributed by atoms with E-state index in [0.29, 0.717) is 24.2 Å². The summed E-state index contributed by atoms with van der Waals surface area (Å²) in [7, 11) is 0. The van der Waals surface area contributed by atoms with Crippen molar-refractivity contribution >= 4 is 11.8 Å². The van der Waals surface area contributed by atoms with Crippen molar-refractivity contribution in [2.45, 2.75) is 130 Å². The Morgan fingerprint density at radius 3 is 1.71 bits per heavy atom. The molecular formula is C28H46O3. The molecule has 0 aliphatic heterocycles.